The van der Waals surface area contributed by atoms with Crippen LogP contribution in [0.3, 0.4) is 0 Å². The number of aromatic amines is 1. The normalized spacial score (nSPS) is 10.2. The van der Waals surface area contributed by atoms with Crippen molar-refractivity contribution in [3.05, 3.63) is 24.3 Å². The number of hydrogen-bond acceptors (Lipinski definition) is 4. The van der Waals surface area contributed by atoms with Gasteiger partial charge in [-0.15, -0.1) is 11.7 Å². The zero-order valence-corrected chi connectivity index (χ0v) is 10.0. The van der Waals surface area contributed by atoms with Crippen molar-refractivity contribution in [1.29, 1.82) is 0 Å². The number of aliphatic hydroxyl groups excluding tert-OH is 1. The van der Waals surface area contributed by atoms with Crippen molar-refractivity contribution < 1.29 is 9.90 Å². The largest absolute Gasteiger partial charge is 0.395 e. The van der Waals surface area contributed by atoms with Crippen molar-refractivity contribution >= 4 is 5.91 Å². The minimum Gasteiger partial charge on any atom is -0.395 e. The van der Waals surface area contributed by atoms with Crippen molar-refractivity contribution in [2.24, 2.45) is 0 Å². The summed E-state index contributed by atoms with van der Waals surface area (Å²) < 4.78 is 0. The number of nitrogens with one attached hydrogen (secondary N) is 1. The Morgan fingerprint density at radius 1 is 1.65 bits per heavy atom. The molecule has 94 valence electrons. The van der Waals surface area contributed by atoms with Crippen LogP contribution in [0.25, 0.3) is 0 Å². The van der Waals surface area contributed by atoms with Crippen molar-refractivity contribution in [3.8, 4) is 0 Å². The standard InChI is InChI=1S/C11H18N4O2/c1-3-5-9-12-10(14-13-9)11(17)15(6-4-2)7-8-16/h4,16H,2-3,5-8H2,1H3,(H,12,13,14). The molecule has 2 N–H and O–H groups in total. The van der Waals surface area contributed by atoms with Crippen LogP contribution in [-0.2, 0) is 6.42 Å². The van der Waals surface area contributed by atoms with Crippen LogP contribution in [0.1, 0.15) is 29.8 Å². The first-order chi connectivity index (χ1) is 8.22. The second kappa shape index (κ2) is 6.80. The SMILES string of the molecule is C=CCN(CCO)C(=O)c1n[nH]c(CCC)n1. The summed E-state index contributed by atoms with van der Waals surface area (Å²) in [6.07, 6.45) is 3.31. The topological polar surface area (TPSA) is 82.1 Å². The fourth-order valence-electron chi connectivity index (χ4n) is 1.43. The average molecular weight is 238 g/mol. The van der Waals surface area contributed by atoms with Crippen LogP contribution in [0.2, 0.25) is 0 Å². The average Bonchev–Trinajstić information content (AvgIpc) is 2.77. The zero-order valence-electron chi connectivity index (χ0n) is 10.0. The van der Waals surface area contributed by atoms with E-state index in [4.69, 9.17) is 5.11 Å². The summed E-state index contributed by atoms with van der Waals surface area (Å²) in [6, 6.07) is 0. The van der Waals surface area contributed by atoms with Crippen LogP contribution in [0.15, 0.2) is 12.7 Å². The lowest BCUT2D eigenvalue weighted by molar-refractivity contribution is 0.0731. The molecular weight excluding hydrogens is 220 g/mol. The van der Waals surface area contributed by atoms with E-state index in [1.54, 1.807) is 6.08 Å². The lowest BCUT2D eigenvalue weighted by atomic mass is 10.3. The van der Waals surface area contributed by atoms with Gasteiger partial charge in [0.25, 0.3) is 5.91 Å². The molecule has 1 rings (SSSR count). The van der Waals surface area contributed by atoms with E-state index >= 15 is 0 Å². The minimum atomic E-state index is -0.294. The van der Waals surface area contributed by atoms with Crippen molar-refractivity contribution in [2.45, 2.75) is 19.8 Å². The van der Waals surface area contributed by atoms with Crippen LogP contribution in [0.4, 0.5) is 0 Å². The Labute approximate surface area is 100 Å². The van der Waals surface area contributed by atoms with Gasteiger partial charge in [0, 0.05) is 19.5 Å². The number of amides is 1. The van der Waals surface area contributed by atoms with E-state index < -0.39 is 0 Å². The Morgan fingerprint density at radius 3 is 3.00 bits per heavy atom. The smallest absolute Gasteiger partial charge is 0.293 e. The Bertz CT molecular complexity index is 375. The Balaban J connectivity index is 2.73. The lowest BCUT2D eigenvalue weighted by Gasteiger charge is -2.17. The maximum atomic E-state index is 12.0. The summed E-state index contributed by atoms with van der Waals surface area (Å²) in [5.41, 5.74) is 0. The van der Waals surface area contributed by atoms with Gasteiger partial charge in [-0.25, -0.2) is 4.98 Å². The molecule has 0 saturated heterocycles. The number of nitrogens with zero attached hydrogens (tertiary/aromatic N) is 3. The van der Waals surface area contributed by atoms with Crippen LogP contribution >= 0.6 is 0 Å². The van der Waals surface area contributed by atoms with Crippen molar-refractivity contribution in [3.63, 3.8) is 0 Å². The minimum absolute atomic E-state index is 0.0914. The van der Waals surface area contributed by atoms with Crippen LogP contribution in [0.5, 0.6) is 0 Å². The number of aliphatic hydroxyl groups is 1. The van der Waals surface area contributed by atoms with E-state index in [1.165, 1.54) is 4.90 Å². The van der Waals surface area contributed by atoms with Gasteiger partial charge in [-0.05, 0) is 6.42 Å². The second-order valence-electron chi connectivity index (χ2n) is 3.62. The van der Waals surface area contributed by atoms with E-state index in [1.807, 2.05) is 6.92 Å². The van der Waals surface area contributed by atoms with E-state index in [-0.39, 0.29) is 24.9 Å². The number of H-pyrrole nitrogens is 1. The van der Waals surface area contributed by atoms with E-state index in [2.05, 4.69) is 21.8 Å². The van der Waals surface area contributed by atoms with Crippen molar-refractivity contribution in [1.82, 2.24) is 20.1 Å². The van der Waals surface area contributed by atoms with Gasteiger partial charge >= 0.3 is 0 Å². The van der Waals surface area contributed by atoms with Gasteiger partial charge in [-0.3, -0.25) is 9.89 Å². The summed E-state index contributed by atoms with van der Waals surface area (Å²) in [5.74, 6) is 0.555. The van der Waals surface area contributed by atoms with Crippen LogP contribution in [0, 0.1) is 0 Å². The van der Waals surface area contributed by atoms with Gasteiger partial charge in [0.1, 0.15) is 5.82 Å². The molecule has 0 saturated carbocycles. The molecule has 17 heavy (non-hydrogen) atoms. The van der Waals surface area contributed by atoms with Crippen molar-refractivity contribution in [2.75, 3.05) is 19.7 Å². The van der Waals surface area contributed by atoms with Gasteiger partial charge in [-0.1, -0.05) is 13.0 Å². The quantitative estimate of drug-likeness (QED) is 0.673. The first-order valence-electron chi connectivity index (χ1n) is 5.65. The summed E-state index contributed by atoms with van der Waals surface area (Å²) in [7, 11) is 0. The number of aromatic nitrogens is 3. The number of hydrogen-bond donors (Lipinski definition) is 2. The maximum Gasteiger partial charge on any atom is 0.293 e. The second-order valence-corrected chi connectivity index (χ2v) is 3.62. The Kier molecular flexibility index (Phi) is 5.35. The van der Waals surface area contributed by atoms with Gasteiger partial charge in [0.05, 0.1) is 6.61 Å². The third-order valence-corrected chi connectivity index (χ3v) is 2.22. The molecular formula is C11H18N4O2. The fraction of sp³-hybridized carbons (Fsp3) is 0.545. The van der Waals surface area contributed by atoms with Gasteiger partial charge in [-0.2, -0.15) is 0 Å². The van der Waals surface area contributed by atoms with E-state index in [0.717, 1.165) is 12.8 Å². The lowest BCUT2D eigenvalue weighted by Crippen LogP contribution is -2.34. The summed E-state index contributed by atoms with van der Waals surface area (Å²) in [5, 5.41) is 15.5. The number of rotatable bonds is 7. The molecule has 0 radical (unpaired) electrons. The summed E-state index contributed by atoms with van der Waals surface area (Å²) >= 11 is 0. The first kappa shape index (κ1) is 13.4. The third kappa shape index (κ3) is 3.67. The summed E-state index contributed by atoms with van der Waals surface area (Å²) in [6.45, 7) is 6.13. The Hall–Kier alpha value is -1.69. The first-order valence-corrected chi connectivity index (χ1v) is 5.65. The van der Waals surface area contributed by atoms with Crippen LogP contribution in [-0.4, -0.2) is 50.8 Å². The molecule has 6 nitrogen and oxygen atoms in total. The predicted octanol–water partition coefficient (Wildman–Crippen LogP) is 0.378. The molecule has 0 spiro atoms. The molecule has 0 bridgehead atoms. The molecule has 1 amide bonds. The number of carbonyl (C=O) groups excluding carboxylic acids is 1. The third-order valence-electron chi connectivity index (χ3n) is 2.22. The summed E-state index contributed by atoms with van der Waals surface area (Å²) in [4.78, 5) is 17.5. The van der Waals surface area contributed by atoms with Gasteiger partial charge < -0.3 is 10.0 Å². The number of carbonyl (C=O) groups is 1. The highest BCUT2D eigenvalue weighted by Gasteiger charge is 2.18. The molecule has 1 heterocycles. The maximum absolute atomic E-state index is 12.0. The molecule has 0 aliphatic carbocycles. The highest BCUT2D eigenvalue weighted by Crippen LogP contribution is 2.01. The molecule has 0 unspecified atom stereocenters. The molecule has 0 aliphatic rings. The fourth-order valence-corrected chi connectivity index (χ4v) is 1.43. The molecule has 0 aromatic carbocycles. The molecule has 1 aromatic heterocycles. The van der Waals surface area contributed by atoms with E-state index in [0.29, 0.717) is 12.4 Å². The predicted molar refractivity (Wildman–Crippen MR) is 63.6 cm³/mol. The molecule has 0 fully saturated rings. The highest BCUT2D eigenvalue weighted by molar-refractivity contribution is 5.90. The molecule has 0 aliphatic heterocycles. The highest BCUT2D eigenvalue weighted by atomic mass is 16.3. The molecule has 6 heteroatoms. The van der Waals surface area contributed by atoms with E-state index in [9.17, 15) is 4.79 Å². The Morgan fingerprint density at radius 2 is 2.41 bits per heavy atom. The zero-order chi connectivity index (χ0) is 12.7. The van der Waals surface area contributed by atoms with Crippen LogP contribution < -0.4 is 0 Å². The van der Waals surface area contributed by atoms with Gasteiger partial charge in [0.15, 0.2) is 0 Å². The molecule has 1 aromatic rings. The number of aryl methyl sites for hydroxylation is 1. The molecule has 0 atom stereocenters. The monoisotopic (exact) mass is 238 g/mol. The van der Waals surface area contributed by atoms with Gasteiger partial charge in [0.2, 0.25) is 5.82 Å².